The van der Waals surface area contributed by atoms with Crippen molar-refractivity contribution in [2.45, 2.75) is 37.3 Å². The zero-order chi connectivity index (χ0) is 21.6. The number of halogens is 3. The summed E-state index contributed by atoms with van der Waals surface area (Å²) in [5.41, 5.74) is 0.631. The fourth-order valence-electron chi connectivity index (χ4n) is 2.76. The van der Waals surface area contributed by atoms with Crippen LogP contribution in [0, 0.1) is 0 Å². The molecular formula is C20H20F3N3O2S. The molecular weight excluding hydrogens is 403 g/mol. The van der Waals surface area contributed by atoms with Crippen molar-refractivity contribution < 1.29 is 21.6 Å². The monoisotopic (exact) mass is 423 g/mol. The summed E-state index contributed by atoms with van der Waals surface area (Å²) >= 11 is 0. The highest BCUT2D eigenvalue weighted by Gasteiger charge is 2.35. The molecule has 0 saturated heterocycles. The lowest BCUT2D eigenvalue weighted by molar-refractivity contribution is -0.141. The fraction of sp³-hybridized carbons (Fsp3) is 0.300. The third kappa shape index (κ3) is 4.50. The molecule has 0 unspecified atom stereocenters. The van der Waals surface area contributed by atoms with Gasteiger partial charge < -0.3 is 0 Å². The van der Waals surface area contributed by atoms with Crippen LogP contribution in [0.2, 0.25) is 0 Å². The minimum Gasteiger partial charge on any atom is -0.236 e. The first-order chi connectivity index (χ1) is 13.3. The third-order valence-corrected chi connectivity index (χ3v) is 5.51. The van der Waals surface area contributed by atoms with Crippen LogP contribution in [0.5, 0.6) is 0 Å². The van der Waals surface area contributed by atoms with E-state index in [9.17, 15) is 21.6 Å². The maximum atomic E-state index is 13.3. The standard InChI is InChI=1S/C20H20F3N3O2S/c1-19(2,3)14-7-5-13(6-8-14)16-11-17(20(21,22)23)25-26(16)18-10-9-15(12-24-18)29(4,27)28/h5-12H,1-4H3. The Kier molecular flexibility index (Phi) is 5.06. The van der Waals surface area contributed by atoms with E-state index in [0.717, 1.165) is 28.8 Å². The van der Waals surface area contributed by atoms with Crippen LogP contribution in [0.15, 0.2) is 53.6 Å². The summed E-state index contributed by atoms with van der Waals surface area (Å²) in [7, 11) is -3.47. The molecule has 2 heterocycles. The highest BCUT2D eigenvalue weighted by Crippen LogP contribution is 2.34. The minimum absolute atomic E-state index is 0.0273. The molecule has 0 aliphatic carbocycles. The molecule has 1 aromatic carbocycles. The van der Waals surface area contributed by atoms with Gasteiger partial charge in [-0.2, -0.15) is 18.3 Å². The van der Waals surface area contributed by atoms with Crippen molar-refractivity contribution in [2.24, 2.45) is 0 Å². The molecule has 0 N–H and O–H groups in total. The van der Waals surface area contributed by atoms with Crippen molar-refractivity contribution in [2.75, 3.05) is 6.26 Å². The predicted octanol–water partition coefficient (Wildman–Crippen LogP) is 4.65. The molecule has 5 nitrogen and oxygen atoms in total. The second-order valence-corrected chi connectivity index (χ2v) is 9.79. The zero-order valence-corrected chi connectivity index (χ0v) is 17.1. The van der Waals surface area contributed by atoms with E-state index in [1.54, 1.807) is 12.1 Å². The number of benzene rings is 1. The van der Waals surface area contributed by atoms with Gasteiger partial charge in [0, 0.05) is 18.0 Å². The summed E-state index contributed by atoms with van der Waals surface area (Å²) in [6, 6.07) is 10.8. The zero-order valence-electron chi connectivity index (χ0n) is 16.3. The van der Waals surface area contributed by atoms with Gasteiger partial charge in [0.25, 0.3) is 0 Å². The third-order valence-electron chi connectivity index (χ3n) is 4.41. The molecule has 154 valence electrons. The van der Waals surface area contributed by atoms with Gasteiger partial charge in [-0.05, 0) is 29.2 Å². The van der Waals surface area contributed by atoms with Crippen LogP contribution >= 0.6 is 0 Å². The van der Waals surface area contributed by atoms with Crippen molar-refractivity contribution >= 4 is 9.84 Å². The number of sulfone groups is 1. The van der Waals surface area contributed by atoms with E-state index in [4.69, 9.17) is 0 Å². The van der Waals surface area contributed by atoms with Gasteiger partial charge in [-0.3, -0.25) is 0 Å². The van der Waals surface area contributed by atoms with Crippen LogP contribution < -0.4 is 0 Å². The Hall–Kier alpha value is -2.68. The van der Waals surface area contributed by atoms with Crippen LogP contribution in [-0.2, 0) is 21.4 Å². The van der Waals surface area contributed by atoms with Gasteiger partial charge in [0.2, 0.25) is 0 Å². The summed E-state index contributed by atoms with van der Waals surface area (Å²) in [6.45, 7) is 6.13. The molecule has 0 amide bonds. The van der Waals surface area contributed by atoms with Crippen LogP contribution in [0.25, 0.3) is 17.1 Å². The molecule has 0 atom stereocenters. The molecule has 0 radical (unpaired) electrons. The molecule has 2 aromatic heterocycles. The van der Waals surface area contributed by atoms with E-state index in [0.29, 0.717) is 5.56 Å². The Bertz CT molecular complexity index is 1130. The predicted molar refractivity (Wildman–Crippen MR) is 104 cm³/mol. The largest absolute Gasteiger partial charge is 0.435 e. The molecule has 29 heavy (non-hydrogen) atoms. The van der Waals surface area contributed by atoms with E-state index in [-0.39, 0.29) is 21.8 Å². The lowest BCUT2D eigenvalue weighted by atomic mass is 9.86. The highest BCUT2D eigenvalue weighted by molar-refractivity contribution is 7.90. The summed E-state index contributed by atoms with van der Waals surface area (Å²) < 4.78 is 64.1. The number of alkyl halides is 3. The quantitative estimate of drug-likeness (QED) is 0.615. The Labute approximate surface area is 167 Å². The molecule has 0 fully saturated rings. The van der Waals surface area contributed by atoms with Gasteiger partial charge in [0.05, 0.1) is 10.6 Å². The van der Waals surface area contributed by atoms with Gasteiger partial charge in [-0.25, -0.2) is 18.1 Å². The molecule has 0 aliphatic rings. The average Bonchev–Trinajstić information content (AvgIpc) is 3.06. The number of hydrogen-bond donors (Lipinski definition) is 0. The average molecular weight is 423 g/mol. The van der Waals surface area contributed by atoms with Gasteiger partial charge in [-0.15, -0.1) is 0 Å². The molecule has 0 bridgehead atoms. The van der Waals surface area contributed by atoms with Crippen molar-refractivity contribution in [1.29, 1.82) is 0 Å². The summed E-state index contributed by atoms with van der Waals surface area (Å²) in [4.78, 5) is 3.98. The topological polar surface area (TPSA) is 64.8 Å². The van der Waals surface area contributed by atoms with Gasteiger partial charge >= 0.3 is 6.18 Å². The molecule has 3 rings (SSSR count). The maximum absolute atomic E-state index is 13.3. The Morgan fingerprint density at radius 1 is 0.966 bits per heavy atom. The first kappa shape index (κ1) is 21.0. The second kappa shape index (κ2) is 6.98. The highest BCUT2D eigenvalue weighted by atomic mass is 32.2. The minimum atomic E-state index is -4.63. The summed E-state index contributed by atoms with van der Waals surface area (Å²) in [6.07, 6.45) is -2.49. The lowest BCUT2D eigenvalue weighted by Gasteiger charge is -2.19. The summed E-state index contributed by atoms with van der Waals surface area (Å²) in [5.74, 6) is 0.0859. The SMILES string of the molecule is CC(C)(C)c1ccc(-c2cc(C(F)(F)F)nn2-c2ccc(S(C)(=O)=O)cn2)cc1. The number of aromatic nitrogens is 3. The van der Waals surface area contributed by atoms with E-state index >= 15 is 0 Å². The first-order valence-corrected chi connectivity index (χ1v) is 10.6. The van der Waals surface area contributed by atoms with Crippen LogP contribution in [0.4, 0.5) is 13.2 Å². The van der Waals surface area contributed by atoms with E-state index in [2.05, 4.69) is 10.1 Å². The van der Waals surface area contributed by atoms with Crippen molar-refractivity contribution in [1.82, 2.24) is 14.8 Å². The molecule has 0 spiro atoms. The Balaban J connectivity index is 2.13. The first-order valence-electron chi connectivity index (χ1n) is 8.71. The van der Waals surface area contributed by atoms with E-state index in [1.807, 2.05) is 32.9 Å². The molecule has 0 aliphatic heterocycles. The van der Waals surface area contributed by atoms with E-state index < -0.39 is 21.7 Å². The second-order valence-electron chi connectivity index (χ2n) is 7.78. The van der Waals surface area contributed by atoms with Crippen LogP contribution in [0.3, 0.4) is 0 Å². The van der Waals surface area contributed by atoms with Crippen molar-refractivity contribution in [3.05, 3.63) is 59.9 Å². The van der Waals surface area contributed by atoms with E-state index in [1.165, 1.54) is 12.1 Å². The Morgan fingerprint density at radius 3 is 2.03 bits per heavy atom. The molecule has 3 aromatic rings. The fourth-order valence-corrected chi connectivity index (χ4v) is 3.32. The van der Waals surface area contributed by atoms with Gasteiger partial charge in [0.1, 0.15) is 0 Å². The van der Waals surface area contributed by atoms with Gasteiger partial charge in [0.15, 0.2) is 21.3 Å². The normalized spacial score (nSPS) is 12.9. The van der Waals surface area contributed by atoms with Gasteiger partial charge in [-0.1, -0.05) is 45.0 Å². The smallest absolute Gasteiger partial charge is 0.236 e. The van der Waals surface area contributed by atoms with Crippen LogP contribution in [0.1, 0.15) is 32.0 Å². The van der Waals surface area contributed by atoms with Crippen molar-refractivity contribution in [3.8, 4) is 17.1 Å². The maximum Gasteiger partial charge on any atom is 0.435 e. The number of pyridine rings is 1. The summed E-state index contributed by atoms with van der Waals surface area (Å²) in [5, 5.41) is 3.67. The van der Waals surface area contributed by atoms with Crippen molar-refractivity contribution in [3.63, 3.8) is 0 Å². The lowest BCUT2D eigenvalue weighted by Crippen LogP contribution is -2.10. The molecule has 0 saturated carbocycles. The number of rotatable bonds is 3. The van der Waals surface area contributed by atoms with Crippen LogP contribution in [-0.4, -0.2) is 29.4 Å². The Morgan fingerprint density at radius 2 is 1.59 bits per heavy atom. The number of nitrogens with zero attached hydrogens (tertiary/aromatic N) is 3. The molecule has 9 heteroatoms. The number of hydrogen-bond acceptors (Lipinski definition) is 4.